The minimum Gasteiger partial charge on any atom is -0.384 e. The van der Waals surface area contributed by atoms with E-state index in [0.29, 0.717) is 0 Å². The summed E-state index contributed by atoms with van der Waals surface area (Å²) in [4.78, 5) is 1.19. The molecule has 1 unspecified atom stereocenters. The van der Waals surface area contributed by atoms with Crippen molar-refractivity contribution in [1.82, 2.24) is 0 Å². The number of hydrogen-bond donors (Lipinski definition) is 1. The van der Waals surface area contributed by atoms with Crippen LogP contribution in [0.25, 0.3) is 0 Å². The number of hydrogen-bond acceptors (Lipinski definition) is 2. The summed E-state index contributed by atoms with van der Waals surface area (Å²) in [5, 5.41) is 11.5. The average Bonchev–Trinajstić information content (AvgIpc) is 2.36. The highest BCUT2D eigenvalue weighted by Crippen LogP contribution is 2.22. The zero-order chi connectivity index (χ0) is 8.27. The quantitative estimate of drug-likeness (QED) is 0.673. The molecule has 1 N–H and O–H groups in total. The number of aliphatic hydroxyl groups is 1. The first-order valence-electron chi connectivity index (χ1n) is 3.60. The zero-order valence-electron chi connectivity index (χ0n) is 6.74. The smallest absolute Gasteiger partial charge is 0.0982 e. The normalized spacial score (nSPS) is 14.1. The van der Waals surface area contributed by atoms with E-state index in [1.54, 1.807) is 17.4 Å². The van der Waals surface area contributed by atoms with E-state index in [4.69, 9.17) is 0 Å². The first-order valence-corrected chi connectivity index (χ1v) is 4.48. The van der Waals surface area contributed by atoms with Gasteiger partial charge in [0.1, 0.15) is 0 Å². The summed E-state index contributed by atoms with van der Waals surface area (Å²) in [6.07, 6.45) is 3.22. The minimum absolute atomic E-state index is 0.425. The first kappa shape index (κ1) is 8.50. The molecule has 0 saturated heterocycles. The summed E-state index contributed by atoms with van der Waals surface area (Å²) in [5.74, 6) is 0. The van der Waals surface area contributed by atoms with Gasteiger partial charge in [-0.25, -0.2) is 0 Å². The monoisotopic (exact) mass is 168 g/mol. The van der Waals surface area contributed by atoms with Crippen molar-refractivity contribution >= 4 is 11.3 Å². The van der Waals surface area contributed by atoms with Gasteiger partial charge in [0, 0.05) is 4.88 Å². The molecule has 0 aliphatic carbocycles. The molecule has 1 aromatic rings. The maximum absolute atomic E-state index is 9.51. The molecule has 0 fully saturated rings. The Morgan fingerprint density at radius 3 is 2.82 bits per heavy atom. The molecule has 2 heteroatoms. The average molecular weight is 168 g/mol. The van der Waals surface area contributed by atoms with Crippen molar-refractivity contribution in [3.8, 4) is 0 Å². The summed E-state index contributed by atoms with van der Waals surface area (Å²) in [7, 11) is 0. The maximum atomic E-state index is 9.51. The van der Waals surface area contributed by atoms with Crippen molar-refractivity contribution in [2.75, 3.05) is 0 Å². The van der Waals surface area contributed by atoms with Crippen LogP contribution in [0.3, 0.4) is 0 Å². The molecule has 1 heterocycles. The van der Waals surface area contributed by atoms with Crippen LogP contribution in [0, 0.1) is 6.92 Å². The lowest BCUT2D eigenvalue weighted by atomic mass is 10.1. The molecule has 0 spiro atoms. The van der Waals surface area contributed by atoms with Crippen molar-refractivity contribution in [3.63, 3.8) is 0 Å². The van der Waals surface area contributed by atoms with Crippen molar-refractivity contribution in [3.05, 3.63) is 34.0 Å². The lowest BCUT2D eigenvalue weighted by molar-refractivity contribution is 0.228. The van der Waals surface area contributed by atoms with Gasteiger partial charge in [-0.1, -0.05) is 12.2 Å². The second-order valence-corrected chi connectivity index (χ2v) is 3.52. The Balaban J connectivity index is 2.83. The molecular formula is C9H12OS. The molecule has 1 rings (SSSR count). The number of rotatable bonds is 2. The van der Waals surface area contributed by atoms with Crippen molar-refractivity contribution in [2.45, 2.75) is 20.0 Å². The third-order valence-electron chi connectivity index (χ3n) is 1.59. The molecule has 1 aromatic heterocycles. The van der Waals surface area contributed by atoms with Crippen LogP contribution < -0.4 is 0 Å². The van der Waals surface area contributed by atoms with Gasteiger partial charge in [-0.2, -0.15) is 0 Å². The Hall–Kier alpha value is -0.600. The highest BCUT2D eigenvalue weighted by atomic mass is 32.1. The predicted octanol–water partition coefficient (Wildman–Crippen LogP) is 2.67. The molecular weight excluding hydrogens is 156 g/mol. The van der Waals surface area contributed by atoms with E-state index < -0.39 is 6.10 Å². The van der Waals surface area contributed by atoms with Crippen LogP contribution in [0.4, 0.5) is 0 Å². The highest BCUT2D eigenvalue weighted by Gasteiger charge is 2.06. The van der Waals surface area contributed by atoms with E-state index in [-0.39, 0.29) is 0 Å². The van der Waals surface area contributed by atoms with Gasteiger partial charge in [-0.3, -0.25) is 0 Å². The number of aryl methyl sites for hydroxylation is 1. The van der Waals surface area contributed by atoms with E-state index in [0.717, 1.165) is 5.56 Å². The van der Waals surface area contributed by atoms with E-state index in [2.05, 4.69) is 0 Å². The standard InChI is InChI=1S/C9H12OS/c1-3-4-9(10)8-5-6-11-7(8)2/h3-6,9-10H,1-2H3/b4-3+. The van der Waals surface area contributed by atoms with Gasteiger partial charge in [-0.05, 0) is 30.9 Å². The molecule has 0 aliphatic heterocycles. The number of allylic oxidation sites excluding steroid dienone is 1. The Labute approximate surface area is 71.0 Å². The van der Waals surface area contributed by atoms with Gasteiger partial charge in [0.15, 0.2) is 0 Å². The van der Waals surface area contributed by atoms with E-state index in [1.807, 2.05) is 31.4 Å². The molecule has 0 saturated carbocycles. The summed E-state index contributed by atoms with van der Waals surface area (Å²) in [6.45, 7) is 3.93. The summed E-state index contributed by atoms with van der Waals surface area (Å²) >= 11 is 1.66. The lowest BCUT2D eigenvalue weighted by Crippen LogP contribution is -1.91. The van der Waals surface area contributed by atoms with Gasteiger partial charge < -0.3 is 5.11 Å². The van der Waals surface area contributed by atoms with Gasteiger partial charge >= 0.3 is 0 Å². The molecule has 1 nitrogen and oxygen atoms in total. The summed E-state index contributed by atoms with van der Waals surface area (Å²) in [5.41, 5.74) is 1.02. The van der Waals surface area contributed by atoms with Crippen LogP contribution in [0.2, 0.25) is 0 Å². The molecule has 11 heavy (non-hydrogen) atoms. The fourth-order valence-electron chi connectivity index (χ4n) is 0.988. The van der Waals surface area contributed by atoms with Gasteiger partial charge in [0.2, 0.25) is 0 Å². The fourth-order valence-corrected chi connectivity index (χ4v) is 1.73. The van der Waals surface area contributed by atoms with Gasteiger partial charge in [0.05, 0.1) is 6.10 Å². The van der Waals surface area contributed by atoms with Crippen LogP contribution in [0.1, 0.15) is 23.5 Å². The predicted molar refractivity (Wildman–Crippen MR) is 48.8 cm³/mol. The maximum Gasteiger partial charge on any atom is 0.0982 e. The molecule has 0 aromatic carbocycles. The van der Waals surface area contributed by atoms with Crippen LogP contribution in [0.5, 0.6) is 0 Å². The van der Waals surface area contributed by atoms with Crippen molar-refractivity contribution in [1.29, 1.82) is 0 Å². The third-order valence-corrected chi connectivity index (χ3v) is 2.45. The van der Waals surface area contributed by atoms with Crippen LogP contribution >= 0.6 is 11.3 Å². The molecule has 60 valence electrons. The van der Waals surface area contributed by atoms with Crippen LogP contribution in [0.15, 0.2) is 23.6 Å². The molecule has 0 bridgehead atoms. The Morgan fingerprint density at radius 1 is 1.64 bits per heavy atom. The Morgan fingerprint density at radius 2 is 2.36 bits per heavy atom. The molecule has 1 atom stereocenters. The topological polar surface area (TPSA) is 20.2 Å². The Kier molecular flexibility index (Phi) is 2.85. The van der Waals surface area contributed by atoms with Crippen LogP contribution in [-0.4, -0.2) is 5.11 Å². The Bertz CT molecular complexity index is 250. The van der Waals surface area contributed by atoms with Crippen LogP contribution in [-0.2, 0) is 0 Å². The number of aliphatic hydroxyl groups excluding tert-OH is 1. The van der Waals surface area contributed by atoms with Crippen molar-refractivity contribution in [2.24, 2.45) is 0 Å². The molecule has 0 radical (unpaired) electrons. The minimum atomic E-state index is -0.425. The van der Waals surface area contributed by atoms with Gasteiger partial charge in [-0.15, -0.1) is 11.3 Å². The summed E-state index contributed by atoms with van der Waals surface area (Å²) in [6, 6.07) is 1.96. The second-order valence-electron chi connectivity index (χ2n) is 2.40. The number of thiophene rings is 1. The largest absolute Gasteiger partial charge is 0.384 e. The lowest BCUT2D eigenvalue weighted by Gasteiger charge is -2.02. The van der Waals surface area contributed by atoms with E-state index in [1.165, 1.54) is 4.88 Å². The van der Waals surface area contributed by atoms with E-state index in [9.17, 15) is 5.11 Å². The highest BCUT2D eigenvalue weighted by molar-refractivity contribution is 7.10. The molecule has 0 aliphatic rings. The van der Waals surface area contributed by atoms with Crippen molar-refractivity contribution < 1.29 is 5.11 Å². The van der Waals surface area contributed by atoms with E-state index >= 15 is 0 Å². The SMILES string of the molecule is C/C=C/C(O)c1ccsc1C. The molecule has 0 amide bonds. The fraction of sp³-hybridized carbons (Fsp3) is 0.333. The summed E-state index contributed by atoms with van der Waals surface area (Å²) < 4.78 is 0. The first-order chi connectivity index (χ1) is 5.25. The third kappa shape index (κ3) is 1.91. The zero-order valence-corrected chi connectivity index (χ0v) is 7.56. The second kappa shape index (κ2) is 3.69. The van der Waals surface area contributed by atoms with Gasteiger partial charge in [0.25, 0.3) is 0 Å².